The molecular weight excluding hydrogens is 322 g/mol. The van der Waals surface area contributed by atoms with Crippen LogP contribution < -0.4 is 5.32 Å². The van der Waals surface area contributed by atoms with E-state index < -0.39 is 5.25 Å². The summed E-state index contributed by atoms with van der Waals surface area (Å²) in [5.41, 5.74) is 0. The van der Waals surface area contributed by atoms with E-state index in [4.69, 9.17) is 0 Å². The normalized spacial score (nSPS) is 10.5. The monoisotopic (exact) mass is 335 g/mol. The Hall–Kier alpha value is -2.06. The van der Waals surface area contributed by atoms with E-state index in [1.54, 1.807) is 24.3 Å². The maximum Gasteiger partial charge on any atom is 0.266 e. The first-order valence-corrected chi connectivity index (χ1v) is 8.09. The van der Waals surface area contributed by atoms with Gasteiger partial charge in [-0.2, -0.15) is 0 Å². The predicted molar refractivity (Wildman–Crippen MR) is 85.3 cm³/mol. The fraction of sp³-hybridized carbons (Fsp3) is 0.214. The Morgan fingerprint density at radius 1 is 1.14 bits per heavy atom. The quantitative estimate of drug-likeness (QED) is 0.644. The zero-order valence-electron chi connectivity index (χ0n) is 11.9. The molecule has 6 nitrogen and oxygen atoms in total. The van der Waals surface area contributed by atoms with Gasteiger partial charge in [0.05, 0.1) is 4.88 Å². The van der Waals surface area contributed by atoms with Gasteiger partial charge in [0.1, 0.15) is 10.3 Å². The van der Waals surface area contributed by atoms with Gasteiger partial charge in [-0.1, -0.05) is 17.8 Å². The molecule has 0 fully saturated rings. The molecule has 22 heavy (non-hydrogen) atoms. The Kier molecular flexibility index (Phi) is 5.40. The third-order valence-corrected chi connectivity index (χ3v) is 4.83. The first kappa shape index (κ1) is 16.3. The van der Waals surface area contributed by atoms with Gasteiger partial charge in [-0.3, -0.25) is 14.4 Å². The lowest BCUT2D eigenvalue weighted by atomic mass is 10.2. The summed E-state index contributed by atoms with van der Waals surface area (Å²) >= 11 is 2.38. The first-order chi connectivity index (χ1) is 10.5. The molecule has 2 aromatic heterocycles. The van der Waals surface area contributed by atoms with E-state index in [0.29, 0.717) is 15.7 Å². The average Bonchev–Trinajstić information content (AvgIpc) is 3.00. The second-order valence-electron chi connectivity index (χ2n) is 4.41. The fourth-order valence-corrected chi connectivity index (χ4v) is 3.04. The minimum Gasteiger partial charge on any atom is -0.304 e. The van der Waals surface area contributed by atoms with Gasteiger partial charge in [0.15, 0.2) is 17.4 Å². The summed E-state index contributed by atoms with van der Waals surface area (Å²) in [7, 11) is 0. The average molecular weight is 335 g/mol. The molecule has 2 aromatic rings. The summed E-state index contributed by atoms with van der Waals surface area (Å²) < 4.78 is 0. The molecule has 0 spiro atoms. The molecule has 0 saturated heterocycles. The third-order valence-electron chi connectivity index (χ3n) is 2.60. The number of ketones is 2. The van der Waals surface area contributed by atoms with Crippen LogP contribution in [-0.2, 0) is 9.59 Å². The van der Waals surface area contributed by atoms with Gasteiger partial charge in [0.25, 0.3) is 5.91 Å². The van der Waals surface area contributed by atoms with Crippen LogP contribution >= 0.6 is 23.1 Å². The van der Waals surface area contributed by atoms with E-state index >= 15 is 0 Å². The second-order valence-corrected chi connectivity index (χ2v) is 6.48. The molecule has 0 aliphatic carbocycles. The van der Waals surface area contributed by atoms with Crippen molar-refractivity contribution in [3.63, 3.8) is 0 Å². The van der Waals surface area contributed by atoms with Crippen molar-refractivity contribution in [2.24, 2.45) is 0 Å². The van der Waals surface area contributed by atoms with Crippen LogP contribution in [0.1, 0.15) is 23.5 Å². The maximum atomic E-state index is 11.9. The molecule has 0 aromatic carbocycles. The summed E-state index contributed by atoms with van der Waals surface area (Å²) in [4.78, 5) is 35.2. The van der Waals surface area contributed by atoms with Gasteiger partial charge >= 0.3 is 0 Å². The van der Waals surface area contributed by atoms with Gasteiger partial charge in [0.2, 0.25) is 0 Å². The number of hydrogen-bond donors (Lipinski definition) is 1. The molecule has 0 aliphatic heterocycles. The number of aromatic nitrogens is 2. The Bertz CT molecular complexity index is 670. The van der Waals surface area contributed by atoms with Crippen LogP contribution in [0.2, 0.25) is 0 Å². The highest BCUT2D eigenvalue weighted by atomic mass is 32.2. The lowest BCUT2D eigenvalue weighted by Crippen LogP contribution is -2.22. The van der Waals surface area contributed by atoms with Crippen molar-refractivity contribution in [2.45, 2.75) is 24.1 Å². The Labute approximate surface area is 135 Å². The predicted octanol–water partition coefficient (Wildman–Crippen LogP) is 2.43. The molecule has 1 amide bonds. The third kappa shape index (κ3) is 4.22. The Morgan fingerprint density at radius 2 is 1.86 bits per heavy atom. The molecular formula is C14H13N3O3S2. The molecule has 0 aliphatic rings. The Balaban J connectivity index is 2.02. The van der Waals surface area contributed by atoms with Crippen molar-refractivity contribution >= 4 is 46.4 Å². The molecule has 2 heterocycles. The highest BCUT2D eigenvalue weighted by molar-refractivity contribution is 8.01. The molecule has 0 saturated carbocycles. The lowest BCUT2D eigenvalue weighted by Gasteiger charge is -2.08. The van der Waals surface area contributed by atoms with Crippen molar-refractivity contribution in [1.29, 1.82) is 0 Å². The van der Waals surface area contributed by atoms with E-state index in [0.717, 1.165) is 11.8 Å². The van der Waals surface area contributed by atoms with E-state index in [1.807, 2.05) is 5.38 Å². The number of amides is 1. The summed E-state index contributed by atoms with van der Waals surface area (Å²) in [5.74, 6) is -0.399. The number of nitrogens with one attached hydrogen (secondary N) is 1. The van der Waals surface area contributed by atoms with Crippen LogP contribution in [0, 0.1) is 0 Å². The highest BCUT2D eigenvalue weighted by Gasteiger charge is 2.21. The van der Waals surface area contributed by atoms with Crippen LogP contribution in [0.5, 0.6) is 0 Å². The second kappa shape index (κ2) is 7.28. The van der Waals surface area contributed by atoms with Gasteiger partial charge < -0.3 is 5.32 Å². The van der Waals surface area contributed by atoms with Crippen LogP contribution in [0.3, 0.4) is 0 Å². The maximum absolute atomic E-state index is 11.9. The summed E-state index contributed by atoms with van der Waals surface area (Å²) in [5, 5.41) is 11.9. The summed E-state index contributed by atoms with van der Waals surface area (Å²) in [6.07, 6.45) is 0. The number of anilines is 1. The molecule has 0 atom stereocenters. The topological polar surface area (TPSA) is 89.0 Å². The first-order valence-electron chi connectivity index (χ1n) is 6.33. The molecule has 0 bridgehead atoms. The standard InChI is InChI=1S/C14H13N3O3S2/c1-8(18)13(9(2)19)22-12-6-5-11(16-17-12)15-14(20)10-4-3-7-21-10/h3-7,13H,1-2H3,(H,15,16,20). The summed E-state index contributed by atoms with van der Waals surface area (Å²) in [6.45, 7) is 2.73. The fourth-order valence-electron chi connectivity index (χ4n) is 1.61. The number of thiophene rings is 1. The van der Waals surface area contributed by atoms with E-state index in [2.05, 4.69) is 15.5 Å². The van der Waals surface area contributed by atoms with Crippen LogP contribution in [-0.4, -0.2) is 32.9 Å². The van der Waals surface area contributed by atoms with Crippen LogP contribution in [0.25, 0.3) is 0 Å². The minimum atomic E-state index is -0.777. The number of nitrogens with zero attached hydrogens (tertiary/aromatic N) is 2. The van der Waals surface area contributed by atoms with Crippen LogP contribution in [0.15, 0.2) is 34.7 Å². The van der Waals surface area contributed by atoms with Crippen LogP contribution in [0.4, 0.5) is 5.82 Å². The summed E-state index contributed by atoms with van der Waals surface area (Å²) in [6, 6.07) is 6.69. The molecule has 8 heteroatoms. The number of carbonyl (C=O) groups excluding carboxylic acids is 3. The molecule has 114 valence electrons. The van der Waals surface area contributed by atoms with E-state index in [9.17, 15) is 14.4 Å². The minimum absolute atomic E-state index is 0.227. The van der Waals surface area contributed by atoms with Crippen molar-refractivity contribution in [3.8, 4) is 0 Å². The number of hydrogen-bond acceptors (Lipinski definition) is 7. The number of Topliss-reactive ketones (excluding diaryl/α,β-unsaturated/α-hetero) is 2. The van der Waals surface area contributed by atoms with Gasteiger partial charge in [-0.05, 0) is 37.4 Å². The zero-order chi connectivity index (χ0) is 16.1. The van der Waals surface area contributed by atoms with E-state index in [-0.39, 0.29) is 17.5 Å². The smallest absolute Gasteiger partial charge is 0.266 e. The lowest BCUT2D eigenvalue weighted by molar-refractivity contribution is -0.123. The molecule has 2 rings (SSSR count). The number of carbonyl (C=O) groups is 3. The van der Waals surface area contributed by atoms with Crippen molar-refractivity contribution in [2.75, 3.05) is 5.32 Å². The van der Waals surface area contributed by atoms with Gasteiger partial charge in [-0.15, -0.1) is 21.5 Å². The van der Waals surface area contributed by atoms with Crippen molar-refractivity contribution < 1.29 is 14.4 Å². The van der Waals surface area contributed by atoms with Crippen molar-refractivity contribution in [3.05, 3.63) is 34.5 Å². The van der Waals surface area contributed by atoms with E-state index in [1.165, 1.54) is 25.2 Å². The Morgan fingerprint density at radius 3 is 2.36 bits per heavy atom. The molecule has 0 radical (unpaired) electrons. The number of rotatable bonds is 6. The highest BCUT2D eigenvalue weighted by Crippen LogP contribution is 2.23. The van der Waals surface area contributed by atoms with Gasteiger partial charge in [0, 0.05) is 0 Å². The number of thioether (sulfide) groups is 1. The largest absolute Gasteiger partial charge is 0.304 e. The molecule has 1 N–H and O–H groups in total. The zero-order valence-corrected chi connectivity index (χ0v) is 13.5. The van der Waals surface area contributed by atoms with Crippen molar-refractivity contribution in [1.82, 2.24) is 10.2 Å². The molecule has 0 unspecified atom stereocenters. The van der Waals surface area contributed by atoms with Gasteiger partial charge in [-0.25, -0.2) is 0 Å². The SMILES string of the molecule is CC(=O)C(Sc1ccc(NC(=O)c2cccs2)nn1)C(C)=O.